The lowest BCUT2D eigenvalue weighted by atomic mass is 10.2. The van der Waals surface area contributed by atoms with Crippen LogP contribution < -0.4 is 15.0 Å². The summed E-state index contributed by atoms with van der Waals surface area (Å²) < 4.78 is 5.72. The summed E-state index contributed by atoms with van der Waals surface area (Å²) in [4.78, 5) is 9.19. The number of guanidine groups is 1. The summed E-state index contributed by atoms with van der Waals surface area (Å²) in [6, 6.07) is 17.3. The molecule has 6 nitrogen and oxygen atoms in total. The molecule has 0 atom stereocenters. The molecule has 0 aromatic heterocycles. The second-order valence-corrected chi connectivity index (χ2v) is 6.36. The molecule has 0 unspecified atom stereocenters. The number of phenolic OH excluding ortho intramolecular Hbond substituents is 1. The van der Waals surface area contributed by atoms with Crippen LogP contribution in [0.15, 0.2) is 59.6 Å². The van der Waals surface area contributed by atoms with Crippen molar-refractivity contribution >= 4 is 11.6 Å². The minimum Gasteiger partial charge on any atom is -0.506 e. The number of aromatic hydroxyl groups is 1. The molecule has 1 aliphatic rings. The lowest BCUT2D eigenvalue weighted by Crippen LogP contribution is -2.52. The standard InChI is InChI=1S/C21H28N4O2/c1-2-22-21(23-12-17-27-18-8-4-3-5-9-18)25-15-13-24(14-16-25)19-10-6-7-11-20(19)26/h3-11,26H,2,12-17H2,1H3,(H,22,23). The first kappa shape index (κ1) is 18.9. The maximum atomic E-state index is 10.1. The Balaban J connectivity index is 1.52. The van der Waals surface area contributed by atoms with E-state index in [2.05, 4.69) is 22.0 Å². The minimum absolute atomic E-state index is 0.338. The molecule has 1 saturated heterocycles. The Labute approximate surface area is 161 Å². The van der Waals surface area contributed by atoms with Gasteiger partial charge in [0.15, 0.2) is 5.96 Å². The van der Waals surface area contributed by atoms with Gasteiger partial charge < -0.3 is 25.0 Å². The Morgan fingerprint density at radius 2 is 1.74 bits per heavy atom. The highest BCUT2D eigenvalue weighted by atomic mass is 16.5. The van der Waals surface area contributed by atoms with E-state index in [9.17, 15) is 5.11 Å². The van der Waals surface area contributed by atoms with Gasteiger partial charge >= 0.3 is 0 Å². The van der Waals surface area contributed by atoms with Crippen molar-refractivity contribution in [1.29, 1.82) is 0 Å². The fraction of sp³-hybridized carbons (Fsp3) is 0.381. The van der Waals surface area contributed by atoms with Crippen LogP contribution in [-0.2, 0) is 0 Å². The zero-order valence-corrected chi connectivity index (χ0v) is 15.8. The second-order valence-electron chi connectivity index (χ2n) is 6.36. The predicted molar refractivity (Wildman–Crippen MR) is 110 cm³/mol. The SMILES string of the molecule is CCNC(=NCCOc1ccccc1)N1CCN(c2ccccc2O)CC1. The van der Waals surface area contributed by atoms with Crippen LogP contribution in [0, 0.1) is 0 Å². The third-order valence-corrected chi connectivity index (χ3v) is 4.50. The van der Waals surface area contributed by atoms with Gasteiger partial charge in [0.2, 0.25) is 0 Å². The number of anilines is 1. The van der Waals surface area contributed by atoms with Crippen molar-refractivity contribution in [3.05, 3.63) is 54.6 Å². The van der Waals surface area contributed by atoms with Crippen LogP contribution in [0.5, 0.6) is 11.5 Å². The van der Waals surface area contributed by atoms with Gasteiger partial charge in [-0.2, -0.15) is 0 Å². The van der Waals surface area contributed by atoms with Crippen LogP contribution in [0.1, 0.15) is 6.92 Å². The van der Waals surface area contributed by atoms with Crippen LogP contribution in [0.3, 0.4) is 0 Å². The van der Waals surface area contributed by atoms with E-state index in [1.807, 2.05) is 48.5 Å². The number of hydrogen-bond donors (Lipinski definition) is 2. The smallest absolute Gasteiger partial charge is 0.194 e. The maximum Gasteiger partial charge on any atom is 0.194 e. The first-order valence-corrected chi connectivity index (χ1v) is 9.52. The molecule has 27 heavy (non-hydrogen) atoms. The molecule has 1 aliphatic heterocycles. The second kappa shape index (κ2) is 9.71. The molecule has 6 heteroatoms. The van der Waals surface area contributed by atoms with E-state index >= 15 is 0 Å². The zero-order chi connectivity index (χ0) is 18.9. The molecule has 0 amide bonds. The summed E-state index contributed by atoms with van der Waals surface area (Å²) in [5.41, 5.74) is 0.898. The number of para-hydroxylation sites is 3. The zero-order valence-electron chi connectivity index (χ0n) is 15.8. The molecule has 1 fully saturated rings. The largest absolute Gasteiger partial charge is 0.506 e. The third-order valence-electron chi connectivity index (χ3n) is 4.50. The van der Waals surface area contributed by atoms with E-state index in [1.165, 1.54) is 0 Å². The number of phenols is 1. The number of ether oxygens (including phenoxy) is 1. The van der Waals surface area contributed by atoms with Gasteiger partial charge in [0, 0.05) is 32.7 Å². The molecule has 2 N–H and O–H groups in total. The van der Waals surface area contributed by atoms with Gasteiger partial charge in [0.25, 0.3) is 0 Å². The van der Waals surface area contributed by atoms with E-state index in [4.69, 9.17) is 9.73 Å². The van der Waals surface area contributed by atoms with E-state index in [1.54, 1.807) is 6.07 Å². The normalized spacial score (nSPS) is 14.9. The molecule has 0 radical (unpaired) electrons. The number of piperazine rings is 1. The van der Waals surface area contributed by atoms with Crippen LogP contribution in [0.4, 0.5) is 5.69 Å². The van der Waals surface area contributed by atoms with Crippen molar-refractivity contribution in [3.8, 4) is 11.5 Å². The lowest BCUT2D eigenvalue weighted by Gasteiger charge is -2.37. The molecule has 144 valence electrons. The van der Waals surface area contributed by atoms with Gasteiger partial charge in [-0.1, -0.05) is 30.3 Å². The summed E-state index contributed by atoms with van der Waals surface area (Å²) in [5, 5.41) is 13.4. The van der Waals surface area contributed by atoms with Crippen LogP contribution in [0.2, 0.25) is 0 Å². The van der Waals surface area contributed by atoms with Gasteiger partial charge in [-0.3, -0.25) is 0 Å². The fourth-order valence-electron chi connectivity index (χ4n) is 3.15. The van der Waals surface area contributed by atoms with Crippen molar-refractivity contribution in [2.24, 2.45) is 4.99 Å². The number of nitrogens with one attached hydrogen (secondary N) is 1. The van der Waals surface area contributed by atoms with E-state index in [0.717, 1.165) is 50.1 Å². The summed E-state index contributed by atoms with van der Waals surface area (Å²) in [6.45, 7) is 7.49. The maximum absolute atomic E-state index is 10.1. The number of rotatable bonds is 6. The van der Waals surface area contributed by atoms with Gasteiger partial charge in [-0.25, -0.2) is 4.99 Å². The average molecular weight is 368 g/mol. The highest BCUT2D eigenvalue weighted by Gasteiger charge is 2.21. The predicted octanol–water partition coefficient (Wildman–Crippen LogP) is 2.56. The van der Waals surface area contributed by atoms with Gasteiger partial charge in [-0.15, -0.1) is 0 Å². The third kappa shape index (κ3) is 5.29. The molecule has 0 spiro atoms. The van der Waals surface area contributed by atoms with Crippen LogP contribution >= 0.6 is 0 Å². The molecule has 0 bridgehead atoms. The highest BCUT2D eigenvalue weighted by molar-refractivity contribution is 5.80. The summed E-state index contributed by atoms with van der Waals surface area (Å²) in [5.74, 6) is 2.13. The van der Waals surface area contributed by atoms with Crippen molar-refractivity contribution in [3.63, 3.8) is 0 Å². The number of aliphatic imine (C=N–C) groups is 1. The topological polar surface area (TPSA) is 60.3 Å². The number of nitrogens with zero attached hydrogens (tertiary/aromatic N) is 3. The molecule has 0 aliphatic carbocycles. The van der Waals surface area contributed by atoms with Gasteiger partial charge in [0.1, 0.15) is 18.1 Å². The minimum atomic E-state index is 0.338. The van der Waals surface area contributed by atoms with Crippen molar-refractivity contribution < 1.29 is 9.84 Å². The monoisotopic (exact) mass is 368 g/mol. The average Bonchev–Trinajstić information content (AvgIpc) is 2.72. The molecular formula is C21H28N4O2. The van der Waals surface area contributed by atoms with E-state index < -0.39 is 0 Å². The Kier molecular flexibility index (Phi) is 6.79. The number of benzene rings is 2. The summed E-state index contributed by atoms with van der Waals surface area (Å²) in [6.07, 6.45) is 0. The van der Waals surface area contributed by atoms with E-state index in [-0.39, 0.29) is 0 Å². The molecular weight excluding hydrogens is 340 g/mol. The molecule has 2 aromatic rings. The van der Waals surface area contributed by atoms with Crippen LogP contribution in [0.25, 0.3) is 0 Å². The molecule has 0 saturated carbocycles. The van der Waals surface area contributed by atoms with Crippen molar-refractivity contribution in [2.45, 2.75) is 6.92 Å². The summed E-state index contributed by atoms with van der Waals surface area (Å²) >= 11 is 0. The Morgan fingerprint density at radius 3 is 2.44 bits per heavy atom. The summed E-state index contributed by atoms with van der Waals surface area (Å²) in [7, 11) is 0. The van der Waals surface area contributed by atoms with Crippen molar-refractivity contribution in [2.75, 3.05) is 50.8 Å². The Bertz CT molecular complexity index is 728. The van der Waals surface area contributed by atoms with E-state index in [0.29, 0.717) is 18.9 Å². The highest BCUT2D eigenvalue weighted by Crippen LogP contribution is 2.27. The Hall–Kier alpha value is -2.89. The van der Waals surface area contributed by atoms with Crippen molar-refractivity contribution in [1.82, 2.24) is 10.2 Å². The van der Waals surface area contributed by atoms with Gasteiger partial charge in [-0.05, 0) is 31.2 Å². The van der Waals surface area contributed by atoms with Gasteiger partial charge in [0.05, 0.1) is 12.2 Å². The quantitative estimate of drug-likeness (QED) is 0.466. The first-order valence-electron chi connectivity index (χ1n) is 9.52. The fourth-order valence-corrected chi connectivity index (χ4v) is 3.15. The Morgan fingerprint density at radius 1 is 1.04 bits per heavy atom. The van der Waals surface area contributed by atoms with Crippen LogP contribution in [-0.4, -0.2) is 61.8 Å². The molecule has 2 aromatic carbocycles. The first-order chi connectivity index (χ1) is 13.3. The lowest BCUT2D eigenvalue weighted by molar-refractivity contribution is 0.325. The number of hydrogen-bond acceptors (Lipinski definition) is 4. The molecule has 3 rings (SSSR count). The molecule has 1 heterocycles.